The van der Waals surface area contributed by atoms with Crippen molar-refractivity contribution in [3.05, 3.63) is 57.6 Å². The maximum Gasteiger partial charge on any atom is 0.273 e. The molecule has 0 aromatic heterocycles. The van der Waals surface area contributed by atoms with Gasteiger partial charge >= 0.3 is 0 Å². The van der Waals surface area contributed by atoms with Crippen LogP contribution < -0.4 is 14.8 Å². The number of likely N-dealkylation sites (N-methyl/N-ethyl adjacent to an activating group) is 1. The molecule has 0 radical (unpaired) electrons. The number of hydrogen-bond acceptors (Lipinski definition) is 6. The number of oxime groups is 1. The fourth-order valence-electron chi connectivity index (χ4n) is 2.32. The molecular weight excluding hydrogens is 405 g/mol. The van der Waals surface area contributed by atoms with E-state index in [1.165, 1.54) is 26.3 Å². The van der Waals surface area contributed by atoms with E-state index >= 15 is 0 Å². The highest BCUT2D eigenvalue weighted by Crippen LogP contribution is 2.37. The molecule has 1 N–H and O–H groups in total. The number of benzene rings is 2. The van der Waals surface area contributed by atoms with Gasteiger partial charge in [-0.25, -0.2) is 0 Å². The Morgan fingerprint density at radius 2 is 1.89 bits per heavy atom. The Balaban J connectivity index is 2.25. The largest absolute Gasteiger partial charge is 0.489 e. The van der Waals surface area contributed by atoms with Crippen LogP contribution in [0.25, 0.3) is 0 Å². The van der Waals surface area contributed by atoms with Crippen LogP contribution in [0.1, 0.15) is 11.1 Å². The van der Waals surface area contributed by atoms with E-state index in [2.05, 4.69) is 10.5 Å². The quantitative estimate of drug-likeness (QED) is 0.519. The van der Waals surface area contributed by atoms with Gasteiger partial charge in [0, 0.05) is 24.7 Å². The van der Waals surface area contributed by atoms with Crippen molar-refractivity contribution in [2.75, 3.05) is 20.8 Å². The van der Waals surface area contributed by atoms with E-state index in [9.17, 15) is 4.79 Å². The highest BCUT2D eigenvalue weighted by atomic mass is 35.5. The molecule has 2 aromatic rings. The average Bonchev–Trinajstić information content (AvgIpc) is 2.69. The number of hydrogen-bond donors (Lipinski definition) is 1. The molecule has 1 amide bonds. The van der Waals surface area contributed by atoms with Gasteiger partial charge in [0.15, 0.2) is 18.1 Å². The van der Waals surface area contributed by atoms with Gasteiger partial charge in [-0.1, -0.05) is 52.6 Å². The van der Waals surface area contributed by atoms with E-state index in [0.29, 0.717) is 16.9 Å². The number of nitriles is 1. The predicted octanol–water partition coefficient (Wildman–Crippen LogP) is 3.57. The van der Waals surface area contributed by atoms with Gasteiger partial charge in [0.1, 0.15) is 25.5 Å². The van der Waals surface area contributed by atoms with Crippen LogP contribution in [0.2, 0.25) is 10.0 Å². The minimum absolute atomic E-state index is 0.125. The lowest BCUT2D eigenvalue weighted by Gasteiger charge is -2.14. The second-order valence-electron chi connectivity index (χ2n) is 5.31. The summed E-state index contributed by atoms with van der Waals surface area (Å²) in [5.41, 5.74) is 1.40. The summed E-state index contributed by atoms with van der Waals surface area (Å²) in [6, 6.07) is 12.1. The fourth-order valence-corrected chi connectivity index (χ4v) is 2.90. The van der Waals surface area contributed by atoms with E-state index in [0.717, 1.165) is 0 Å². The molecule has 0 atom stereocenters. The minimum Gasteiger partial charge on any atom is -0.489 e. The molecule has 0 heterocycles. The highest BCUT2D eigenvalue weighted by molar-refractivity contribution is 6.45. The van der Waals surface area contributed by atoms with Gasteiger partial charge < -0.3 is 19.6 Å². The molecule has 146 valence electrons. The smallest absolute Gasteiger partial charge is 0.273 e. The van der Waals surface area contributed by atoms with Crippen molar-refractivity contribution in [3.63, 3.8) is 0 Å². The normalized spacial score (nSPS) is 10.8. The Morgan fingerprint density at radius 1 is 1.21 bits per heavy atom. The molecule has 0 fully saturated rings. The van der Waals surface area contributed by atoms with Crippen molar-refractivity contribution in [2.24, 2.45) is 5.16 Å². The molecular formula is C19H17Cl2N3O4. The van der Waals surface area contributed by atoms with E-state index < -0.39 is 0 Å². The molecule has 0 spiro atoms. The number of nitrogens with one attached hydrogen (secondary N) is 1. The third kappa shape index (κ3) is 5.28. The molecule has 0 aliphatic carbocycles. The molecule has 28 heavy (non-hydrogen) atoms. The number of halogens is 2. The molecule has 9 heteroatoms. The first-order valence-electron chi connectivity index (χ1n) is 8.04. The molecule has 0 bridgehead atoms. The lowest BCUT2D eigenvalue weighted by Crippen LogP contribution is -2.29. The summed E-state index contributed by atoms with van der Waals surface area (Å²) >= 11 is 12.3. The highest BCUT2D eigenvalue weighted by Gasteiger charge is 2.18. The van der Waals surface area contributed by atoms with Crippen molar-refractivity contribution in [1.29, 1.82) is 5.26 Å². The second kappa shape index (κ2) is 10.4. The predicted molar refractivity (Wildman–Crippen MR) is 106 cm³/mol. The molecule has 0 aliphatic rings. The monoisotopic (exact) mass is 421 g/mol. The lowest BCUT2D eigenvalue weighted by molar-refractivity contribution is -0.114. The van der Waals surface area contributed by atoms with Gasteiger partial charge in [0.05, 0.1) is 10.0 Å². The molecule has 0 saturated heterocycles. The number of carbonyl (C=O) groups excluding carboxylic acids is 1. The van der Waals surface area contributed by atoms with Crippen LogP contribution in [-0.2, 0) is 16.2 Å². The van der Waals surface area contributed by atoms with Crippen LogP contribution in [0.5, 0.6) is 11.5 Å². The van der Waals surface area contributed by atoms with E-state index in [1.54, 1.807) is 18.2 Å². The number of carbonyl (C=O) groups is 1. The topological polar surface area (TPSA) is 92.9 Å². The van der Waals surface area contributed by atoms with Crippen LogP contribution in [0, 0.1) is 11.3 Å². The van der Waals surface area contributed by atoms with Crippen LogP contribution in [0.4, 0.5) is 0 Å². The Morgan fingerprint density at radius 3 is 2.50 bits per heavy atom. The van der Waals surface area contributed by atoms with E-state index in [-0.39, 0.29) is 40.6 Å². The average molecular weight is 422 g/mol. The van der Waals surface area contributed by atoms with Crippen LogP contribution in [-0.4, -0.2) is 32.4 Å². The van der Waals surface area contributed by atoms with Gasteiger partial charge in [-0.15, -0.1) is 0 Å². The zero-order valence-corrected chi connectivity index (χ0v) is 16.7. The van der Waals surface area contributed by atoms with Crippen molar-refractivity contribution in [2.45, 2.75) is 6.61 Å². The van der Waals surface area contributed by atoms with E-state index in [4.69, 9.17) is 42.8 Å². The summed E-state index contributed by atoms with van der Waals surface area (Å²) in [5.74, 6) is 0.227. The molecule has 2 rings (SSSR count). The zero-order chi connectivity index (χ0) is 20.5. The Hall–Kier alpha value is -2.95. The number of nitrogens with zero attached hydrogens (tertiary/aromatic N) is 2. The second-order valence-corrected chi connectivity index (χ2v) is 6.12. The number of amides is 1. The van der Waals surface area contributed by atoms with Gasteiger partial charge in [-0.3, -0.25) is 4.79 Å². The molecule has 0 unspecified atom stereocenters. The number of ether oxygens (including phenoxy) is 2. The Labute approximate surface area is 172 Å². The van der Waals surface area contributed by atoms with E-state index in [1.807, 2.05) is 12.1 Å². The first kappa shape index (κ1) is 21.4. The summed E-state index contributed by atoms with van der Waals surface area (Å²) < 4.78 is 11.0. The van der Waals surface area contributed by atoms with Crippen molar-refractivity contribution in [3.8, 4) is 17.6 Å². The fraction of sp³-hybridized carbons (Fsp3) is 0.211. The van der Waals surface area contributed by atoms with Crippen molar-refractivity contribution >= 4 is 34.8 Å². The molecule has 7 nitrogen and oxygen atoms in total. The zero-order valence-electron chi connectivity index (χ0n) is 15.2. The molecule has 2 aromatic carbocycles. The summed E-state index contributed by atoms with van der Waals surface area (Å²) in [6.45, 7) is -0.0465. The summed E-state index contributed by atoms with van der Waals surface area (Å²) in [6.07, 6.45) is 0. The van der Waals surface area contributed by atoms with Gasteiger partial charge in [0.2, 0.25) is 0 Å². The van der Waals surface area contributed by atoms with Gasteiger partial charge in [0.25, 0.3) is 5.91 Å². The third-order valence-corrected chi connectivity index (χ3v) is 4.11. The first-order valence-corrected chi connectivity index (χ1v) is 8.80. The van der Waals surface area contributed by atoms with Gasteiger partial charge in [-0.05, 0) is 5.56 Å². The van der Waals surface area contributed by atoms with Crippen LogP contribution in [0.3, 0.4) is 0 Å². The van der Waals surface area contributed by atoms with Gasteiger partial charge in [-0.2, -0.15) is 5.26 Å². The molecule has 0 saturated carbocycles. The third-order valence-electron chi connectivity index (χ3n) is 3.54. The van der Waals surface area contributed by atoms with Crippen LogP contribution in [0.15, 0.2) is 41.6 Å². The Kier molecular flexibility index (Phi) is 7.93. The van der Waals surface area contributed by atoms with Crippen LogP contribution >= 0.6 is 23.2 Å². The summed E-state index contributed by atoms with van der Waals surface area (Å²) in [7, 11) is 2.87. The number of rotatable bonds is 8. The maximum absolute atomic E-state index is 12.1. The molecule has 0 aliphatic heterocycles. The summed E-state index contributed by atoms with van der Waals surface area (Å²) in [4.78, 5) is 16.9. The maximum atomic E-state index is 12.1. The standard InChI is InChI=1S/C19H17Cl2N3O4/c1-23-19(25)17(24-26-2)14-6-4-3-5-12(14)11-28-13-9-15(20)18(16(21)10-13)27-8-7-22/h3-6,9-10H,8,11H2,1-2H3,(H,23,25). The Bertz CT molecular complexity index is 903. The first-order chi connectivity index (χ1) is 13.5. The van der Waals surface area contributed by atoms with Crippen molar-refractivity contribution < 1.29 is 19.1 Å². The SMILES string of the molecule is CNC(=O)C(=NOC)c1ccccc1COc1cc(Cl)c(OCC#N)c(Cl)c1. The summed E-state index contributed by atoms with van der Waals surface area (Å²) in [5, 5.41) is 15.4. The minimum atomic E-state index is -0.389. The lowest BCUT2D eigenvalue weighted by atomic mass is 10.0. The van der Waals surface area contributed by atoms with Crippen molar-refractivity contribution in [1.82, 2.24) is 5.32 Å².